The summed E-state index contributed by atoms with van der Waals surface area (Å²) >= 11 is 0. The zero-order valence-electron chi connectivity index (χ0n) is 23.2. The van der Waals surface area contributed by atoms with Crippen molar-refractivity contribution in [3.63, 3.8) is 0 Å². The molecule has 2 amide bonds. The van der Waals surface area contributed by atoms with Gasteiger partial charge in [0, 0.05) is 37.0 Å². The molecule has 1 aliphatic heterocycles. The van der Waals surface area contributed by atoms with Crippen molar-refractivity contribution in [2.24, 2.45) is 0 Å². The number of carbonyl (C=O) groups excluding carboxylic acids is 2. The van der Waals surface area contributed by atoms with Gasteiger partial charge in [0.25, 0.3) is 11.8 Å². The van der Waals surface area contributed by atoms with Crippen LogP contribution in [0.5, 0.6) is 0 Å². The summed E-state index contributed by atoms with van der Waals surface area (Å²) in [7, 11) is -0.699. The van der Waals surface area contributed by atoms with Gasteiger partial charge in [-0.2, -0.15) is 10.4 Å². The summed E-state index contributed by atoms with van der Waals surface area (Å²) in [6.07, 6.45) is 3.39. The molecule has 9 nitrogen and oxygen atoms in total. The Morgan fingerprint density at radius 2 is 1.52 bits per heavy atom. The minimum Gasteiger partial charge on any atom is -0.269 e. The summed E-state index contributed by atoms with van der Waals surface area (Å²) in [6.45, 7) is 1.61. The van der Waals surface area contributed by atoms with Crippen LogP contribution in [-0.2, 0) is 26.2 Å². The lowest BCUT2D eigenvalue weighted by Gasteiger charge is -2.27. The fourth-order valence-corrected chi connectivity index (χ4v) is 5.52. The van der Waals surface area contributed by atoms with Crippen LogP contribution >= 0.6 is 0 Å². The van der Waals surface area contributed by atoms with Crippen molar-refractivity contribution in [2.75, 3.05) is 14.1 Å². The summed E-state index contributed by atoms with van der Waals surface area (Å²) in [6, 6.07) is 26.8. The Morgan fingerprint density at radius 3 is 2.12 bits per heavy atom. The molecule has 3 aromatic carbocycles. The van der Waals surface area contributed by atoms with Gasteiger partial charge in [-0.3, -0.25) is 14.5 Å². The molecule has 210 valence electrons. The molecule has 0 saturated heterocycles. The number of hydrogen-bond acceptors (Lipinski definition) is 6. The van der Waals surface area contributed by atoms with E-state index in [1.807, 2.05) is 66.7 Å². The molecule has 2 heterocycles. The molecular formula is C32H27N5O4S. The minimum atomic E-state index is -3.63. The first kappa shape index (κ1) is 28.4. The number of aromatic nitrogens is 2. The molecule has 42 heavy (non-hydrogen) atoms. The average molecular weight is 578 g/mol. The third-order valence-corrected chi connectivity index (χ3v) is 8.81. The van der Waals surface area contributed by atoms with Crippen molar-refractivity contribution in [1.29, 1.82) is 5.26 Å². The number of para-hydroxylation sites is 1. The van der Waals surface area contributed by atoms with Crippen LogP contribution in [0.1, 0.15) is 18.1 Å². The zero-order valence-corrected chi connectivity index (χ0v) is 24.0. The molecule has 0 spiro atoms. The van der Waals surface area contributed by atoms with Crippen molar-refractivity contribution in [2.45, 2.75) is 18.4 Å². The van der Waals surface area contributed by atoms with Gasteiger partial charge >= 0.3 is 0 Å². The van der Waals surface area contributed by atoms with E-state index in [1.165, 1.54) is 26.2 Å². The van der Waals surface area contributed by atoms with Crippen LogP contribution in [0, 0.1) is 11.3 Å². The minimum absolute atomic E-state index is 0.0201. The highest BCUT2D eigenvalue weighted by Gasteiger charge is 2.35. The summed E-state index contributed by atoms with van der Waals surface area (Å²) in [4.78, 5) is 28.1. The third kappa shape index (κ3) is 5.31. The molecular weight excluding hydrogens is 550 g/mol. The quantitative estimate of drug-likeness (QED) is 0.235. The molecule has 10 heteroatoms. The highest BCUT2D eigenvalue weighted by molar-refractivity contribution is 7.89. The van der Waals surface area contributed by atoms with Gasteiger partial charge in [-0.05, 0) is 48.4 Å². The lowest BCUT2D eigenvalue weighted by atomic mass is 9.93. The number of nitrogens with zero attached hydrogens (tertiary/aromatic N) is 5. The van der Waals surface area contributed by atoms with Crippen molar-refractivity contribution in [3.8, 4) is 23.0 Å². The Balaban J connectivity index is 1.65. The van der Waals surface area contributed by atoms with E-state index >= 15 is 0 Å². The van der Waals surface area contributed by atoms with E-state index < -0.39 is 21.8 Å². The first-order valence-electron chi connectivity index (χ1n) is 13.0. The van der Waals surface area contributed by atoms with Crippen molar-refractivity contribution in [3.05, 3.63) is 119 Å². The Hall–Kier alpha value is -5.11. The van der Waals surface area contributed by atoms with Gasteiger partial charge in [0.05, 0.1) is 22.8 Å². The third-order valence-electron chi connectivity index (χ3n) is 6.98. The standard InChI is InChI=1S/C32H27N5O4S/c1-22-28(31(38)36(32(39)29(22)19-33)20-23-10-6-4-7-11-23)18-25-21-37(26-12-8-5-9-13-26)34-30(25)24-14-16-27(17-15-24)42(40,41)35(2)3/h4-18,21H,20H2,1-3H3/b28-18+. The van der Waals surface area contributed by atoms with Crippen molar-refractivity contribution >= 4 is 27.9 Å². The molecule has 5 rings (SSSR count). The lowest BCUT2D eigenvalue weighted by molar-refractivity contribution is -0.141. The van der Waals surface area contributed by atoms with Gasteiger partial charge < -0.3 is 0 Å². The average Bonchev–Trinajstić information content (AvgIpc) is 3.43. The molecule has 0 radical (unpaired) electrons. The monoisotopic (exact) mass is 577 g/mol. The van der Waals surface area contributed by atoms with E-state index in [4.69, 9.17) is 5.10 Å². The molecule has 0 N–H and O–H groups in total. The van der Waals surface area contributed by atoms with Crippen LogP contribution in [0.2, 0.25) is 0 Å². The molecule has 1 aliphatic rings. The molecule has 4 aromatic rings. The molecule has 0 atom stereocenters. The Labute approximate surface area is 244 Å². The highest BCUT2D eigenvalue weighted by Crippen LogP contribution is 2.32. The van der Waals surface area contributed by atoms with Gasteiger partial charge in [0.2, 0.25) is 10.0 Å². The second kappa shape index (κ2) is 11.4. The van der Waals surface area contributed by atoms with Gasteiger partial charge in [0.1, 0.15) is 11.6 Å². The summed E-state index contributed by atoms with van der Waals surface area (Å²) < 4.78 is 28.0. The van der Waals surface area contributed by atoms with Crippen LogP contribution in [0.4, 0.5) is 0 Å². The number of rotatable bonds is 7. The molecule has 0 unspecified atom stereocenters. The van der Waals surface area contributed by atoms with Gasteiger partial charge in [-0.25, -0.2) is 17.4 Å². The predicted octanol–water partition coefficient (Wildman–Crippen LogP) is 4.58. The normalized spacial score (nSPS) is 15.0. The number of amides is 2. The first-order valence-corrected chi connectivity index (χ1v) is 14.5. The van der Waals surface area contributed by atoms with Crippen LogP contribution in [-0.4, -0.2) is 53.3 Å². The Kier molecular flexibility index (Phi) is 7.72. The number of nitriles is 1. The Bertz CT molecular complexity index is 1880. The van der Waals surface area contributed by atoms with Gasteiger partial charge in [-0.15, -0.1) is 0 Å². The number of carbonyl (C=O) groups is 2. The highest BCUT2D eigenvalue weighted by atomic mass is 32.2. The molecule has 0 aliphatic carbocycles. The van der Waals surface area contributed by atoms with E-state index in [0.29, 0.717) is 16.8 Å². The van der Waals surface area contributed by atoms with Crippen LogP contribution in [0.15, 0.2) is 113 Å². The first-order chi connectivity index (χ1) is 20.1. The fourth-order valence-electron chi connectivity index (χ4n) is 4.62. The maximum atomic E-state index is 13.8. The summed E-state index contributed by atoms with van der Waals surface area (Å²) in [5, 5.41) is 14.6. The fraction of sp³-hybridized carbons (Fsp3) is 0.125. The van der Waals surface area contributed by atoms with Crippen molar-refractivity contribution in [1.82, 2.24) is 19.0 Å². The number of benzene rings is 3. The van der Waals surface area contributed by atoms with Crippen LogP contribution in [0.25, 0.3) is 23.0 Å². The number of imide groups is 1. The topological polar surface area (TPSA) is 116 Å². The van der Waals surface area contributed by atoms with Crippen LogP contribution < -0.4 is 0 Å². The SMILES string of the molecule is CC1=C(C#N)C(=O)N(Cc2ccccc2)C(=O)/C1=C/c1cn(-c2ccccc2)nc1-c1ccc(S(=O)(=O)N(C)C)cc1. The van der Waals surface area contributed by atoms with E-state index in [0.717, 1.165) is 20.5 Å². The number of sulfonamides is 1. The van der Waals surface area contributed by atoms with E-state index in [9.17, 15) is 23.3 Å². The lowest BCUT2D eigenvalue weighted by Crippen LogP contribution is -2.42. The van der Waals surface area contributed by atoms with Crippen molar-refractivity contribution < 1.29 is 18.0 Å². The largest absolute Gasteiger partial charge is 0.271 e. The maximum absolute atomic E-state index is 13.8. The van der Waals surface area contributed by atoms with Gasteiger partial charge in [-0.1, -0.05) is 60.7 Å². The molecule has 0 bridgehead atoms. The van der Waals surface area contributed by atoms with E-state index in [-0.39, 0.29) is 28.2 Å². The second-order valence-corrected chi connectivity index (χ2v) is 12.0. The molecule has 0 fully saturated rings. The van der Waals surface area contributed by atoms with E-state index in [2.05, 4.69) is 0 Å². The zero-order chi connectivity index (χ0) is 30.0. The summed E-state index contributed by atoms with van der Waals surface area (Å²) in [5.41, 5.74) is 3.56. The van der Waals surface area contributed by atoms with Crippen LogP contribution in [0.3, 0.4) is 0 Å². The summed E-state index contributed by atoms with van der Waals surface area (Å²) in [5.74, 6) is -1.16. The maximum Gasteiger partial charge on any atom is 0.271 e. The Morgan fingerprint density at radius 1 is 0.905 bits per heavy atom. The second-order valence-electron chi connectivity index (χ2n) is 9.88. The smallest absolute Gasteiger partial charge is 0.269 e. The predicted molar refractivity (Wildman–Crippen MR) is 158 cm³/mol. The molecule has 0 saturated carbocycles. The van der Waals surface area contributed by atoms with E-state index in [1.54, 1.807) is 36.0 Å². The molecule has 1 aromatic heterocycles. The number of hydrogen-bond donors (Lipinski definition) is 0. The van der Waals surface area contributed by atoms with Gasteiger partial charge in [0.15, 0.2) is 0 Å².